The van der Waals surface area contributed by atoms with E-state index in [4.69, 9.17) is 9.47 Å². The number of benzene rings is 1. The van der Waals surface area contributed by atoms with Crippen molar-refractivity contribution in [3.8, 4) is 0 Å². The molecule has 0 radical (unpaired) electrons. The largest absolute Gasteiger partial charge is 0.481 e. The molecule has 4 heterocycles. The van der Waals surface area contributed by atoms with Gasteiger partial charge in [0.25, 0.3) is 11.6 Å². The summed E-state index contributed by atoms with van der Waals surface area (Å²) in [5, 5.41) is 12.9. The van der Waals surface area contributed by atoms with Crippen LogP contribution in [0.2, 0.25) is 0 Å². The number of nitro benzene ring substituents is 1. The normalized spacial score (nSPS) is 21.9. The van der Waals surface area contributed by atoms with Gasteiger partial charge >= 0.3 is 5.97 Å². The first-order valence-corrected chi connectivity index (χ1v) is 13.9. The number of nitro groups is 1. The molecule has 3 aliphatic rings. The smallest absolute Gasteiger partial charge is 0.357 e. The second-order valence-corrected chi connectivity index (χ2v) is 10.8. The zero-order valence-corrected chi connectivity index (χ0v) is 22.0. The Morgan fingerprint density at radius 3 is 2.68 bits per heavy atom. The van der Waals surface area contributed by atoms with Crippen LogP contribution < -0.4 is 4.90 Å². The molecule has 13 heteroatoms. The lowest BCUT2D eigenvalue weighted by Crippen LogP contribution is -2.71. The zero-order valence-electron chi connectivity index (χ0n) is 20.4. The lowest BCUT2D eigenvalue weighted by Gasteiger charge is -2.52. The van der Waals surface area contributed by atoms with Crippen molar-refractivity contribution in [1.82, 2.24) is 4.90 Å². The third-order valence-corrected chi connectivity index (χ3v) is 8.42. The van der Waals surface area contributed by atoms with Crippen LogP contribution in [0.4, 0.5) is 10.7 Å². The van der Waals surface area contributed by atoms with Crippen molar-refractivity contribution in [3.05, 3.63) is 68.9 Å². The average Bonchev–Trinajstić information content (AvgIpc) is 3.45. The predicted octanol–water partition coefficient (Wildman–Crippen LogP) is 3.85. The van der Waals surface area contributed by atoms with Gasteiger partial charge in [-0.15, -0.1) is 23.1 Å². The molecule has 2 amide bonds. The Morgan fingerprint density at radius 1 is 1.26 bits per heavy atom. The lowest BCUT2D eigenvalue weighted by atomic mass is 10.0. The number of amides is 2. The van der Waals surface area contributed by atoms with E-state index in [1.165, 1.54) is 64.1 Å². The van der Waals surface area contributed by atoms with Crippen LogP contribution >= 0.6 is 23.1 Å². The first-order valence-electron chi connectivity index (χ1n) is 12.0. The number of non-ortho nitro benzene ring substituents is 1. The molecule has 1 aromatic carbocycles. The number of β-lactam (4-membered cyclic amide) rings is 1. The molecule has 2 saturated heterocycles. The standard InChI is InChI=1S/C25H24N4O7S2/c1-15(30)27(20-6-4-12-37-20)22-23(31)28-21(18(14-38-24(22)28)26-19-5-2-3-11-35-19)25(32)36-13-16-7-9-17(10-8-16)29(33)34/h4,6-10,12,22,24H,2-3,5,11,13-14H2,1H3/b26-19-/t22-,24-/m1/s1. The Hall–Kier alpha value is -3.71. The number of esters is 1. The van der Waals surface area contributed by atoms with Gasteiger partial charge in [0.1, 0.15) is 18.0 Å². The van der Waals surface area contributed by atoms with E-state index in [-0.39, 0.29) is 23.9 Å². The molecule has 1 aromatic heterocycles. The third kappa shape index (κ3) is 5.03. The van der Waals surface area contributed by atoms with E-state index in [1.54, 1.807) is 6.07 Å². The number of rotatable bonds is 7. The second-order valence-electron chi connectivity index (χ2n) is 8.80. The highest BCUT2D eigenvalue weighted by atomic mass is 32.2. The molecular formula is C25H24N4O7S2. The molecule has 2 aromatic rings. The minimum atomic E-state index is -0.756. The number of carbonyl (C=O) groups excluding carboxylic acids is 3. The summed E-state index contributed by atoms with van der Waals surface area (Å²) in [5.41, 5.74) is 0.906. The van der Waals surface area contributed by atoms with Crippen LogP contribution in [0.15, 0.2) is 58.2 Å². The molecule has 3 aliphatic heterocycles. The fourth-order valence-electron chi connectivity index (χ4n) is 4.47. The molecule has 5 rings (SSSR count). The zero-order chi connectivity index (χ0) is 26.8. The van der Waals surface area contributed by atoms with Crippen molar-refractivity contribution in [2.24, 2.45) is 4.99 Å². The van der Waals surface area contributed by atoms with Crippen molar-refractivity contribution in [1.29, 1.82) is 0 Å². The van der Waals surface area contributed by atoms with Crippen molar-refractivity contribution in [3.63, 3.8) is 0 Å². The minimum absolute atomic E-state index is 0.0354. The van der Waals surface area contributed by atoms with Gasteiger partial charge in [-0.1, -0.05) is 0 Å². The average molecular weight is 557 g/mol. The van der Waals surface area contributed by atoms with Crippen molar-refractivity contribution >= 4 is 57.5 Å². The Labute approximate surface area is 226 Å². The molecule has 0 saturated carbocycles. The number of anilines is 1. The Balaban J connectivity index is 1.42. The predicted molar refractivity (Wildman–Crippen MR) is 142 cm³/mol. The molecule has 38 heavy (non-hydrogen) atoms. The maximum atomic E-state index is 13.5. The van der Waals surface area contributed by atoms with Gasteiger partial charge < -0.3 is 9.47 Å². The maximum absolute atomic E-state index is 13.5. The van der Waals surface area contributed by atoms with E-state index in [0.29, 0.717) is 40.9 Å². The number of thiophene rings is 1. The first kappa shape index (κ1) is 25.9. The van der Waals surface area contributed by atoms with Crippen LogP contribution in [0.1, 0.15) is 31.7 Å². The van der Waals surface area contributed by atoms with E-state index in [0.717, 1.165) is 12.8 Å². The summed E-state index contributed by atoms with van der Waals surface area (Å²) in [7, 11) is 0. The maximum Gasteiger partial charge on any atom is 0.357 e. The molecule has 0 unspecified atom stereocenters. The number of ether oxygens (including phenoxy) is 2. The number of aliphatic imine (C=N–C) groups is 1. The number of fused-ring (bicyclic) bond motifs is 1. The SMILES string of the molecule is CC(=O)N(c1cccs1)[C@@H]1C(=O)N2C(C(=O)OCc3ccc([N+](=O)[O-])cc3)=C(/N=C3/CCCCO3)CS[C@H]12. The van der Waals surface area contributed by atoms with E-state index >= 15 is 0 Å². The number of hydrogen-bond acceptors (Lipinski definition) is 10. The number of thioether (sulfide) groups is 1. The highest BCUT2D eigenvalue weighted by Gasteiger charge is 2.57. The van der Waals surface area contributed by atoms with E-state index in [9.17, 15) is 24.5 Å². The van der Waals surface area contributed by atoms with Gasteiger partial charge in [-0.2, -0.15) is 0 Å². The van der Waals surface area contributed by atoms with Gasteiger partial charge in [-0.05, 0) is 48.1 Å². The Bertz CT molecular complexity index is 1320. The fourth-order valence-corrected chi connectivity index (χ4v) is 6.59. The van der Waals surface area contributed by atoms with Crippen LogP contribution in [0.5, 0.6) is 0 Å². The lowest BCUT2D eigenvalue weighted by molar-refractivity contribution is -0.384. The van der Waals surface area contributed by atoms with Crippen LogP contribution in [0, 0.1) is 10.1 Å². The molecule has 11 nitrogen and oxygen atoms in total. The van der Waals surface area contributed by atoms with Crippen molar-refractivity contribution < 1.29 is 28.8 Å². The van der Waals surface area contributed by atoms with Crippen molar-refractivity contribution in [2.75, 3.05) is 17.3 Å². The van der Waals surface area contributed by atoms with E-state index in [2.05, 4.69) is 4.99 Å². The number of hydrogen-bond donors (Lipinski definition) is 0. The van der Waals surface area contributed by atoms with Crippen LogP contribution in [0.3, 0.4) is 0 Å². The minimum Gasteiger partial charge on any atom is -0.481 e. The molecular weight excluding hydrogens is 532 g/mol. The molecule has 2 fully saturated rings. The van der Waals surface area contributed by atoms with Crippen LogP contribution in [-0.4, -0.2) is 57.3 Å². The summed E-state index contributed by atoms with van der Waals surface area (Å²) in [5.74, 6) is -0.550. The van der Waals surface area contributed by atoms with E-state index in [1.807, 2.05) is 11.4 Å². The Morgan fingerprint density at radius 2 is 2.05 bits per heavy atom. The van der Waals surface area contributed by atoms with Gasteiger partial charge in [0.15, 0.2) is 11.6 Å². The van der Waals surface area contributed by atoms with Crippen molar-refractivity contribution in [2.45, 2.75) is 44.2 Å². The summed E-state index contributed by atoms with van der Waals surface area (Å²) in [6.45, 7) is 1.82. The molecule has 198 valence electrons. The van der Waals surface area contributed by atoms with Gasteiger partial charge in [-0.25, -0.2) is 9.79 Å². The van der Waals surface area contributed by atoms with Crippen LogP contribution in [0.25, 0.3) is 0 Å². The fraction of sp³-hybridized carbons (Fsp3) is 0.360. The molecule has 0 N–H and O–H groups in total. The highest BCUT2D eigenvalue weighted by molar-refractivity contribution is 8.00. The molecule has 0 aliphatic carbocycles. The molecule has 0 spiro atoms. The second kappa shape index (κ2) is 11.0. The first-order chi connectivity index (χ1) is 18.3. The quantitative estimate of drug-likeness (QED) is 0.218. The summed E-state index contributed by atoms with van der Waals surface area (Å²) in [4.78, 5) is 57.3. The number of nitrogens with zero attached hydrogens (tertiary/aromatic N) is 4. The third-order valence-electron chi connectivity index (χ3n) is 6.30. The Kier molecular flexibility index (Phi) is 7.47. The summed E-state index contributed by atoms with van der Waals surface area (Å²) in [6, 6.07) is 8.51. The monoisotopic (exact) mass is 556 g/mol. The topological polar surface area (TPSA) is 132 Å². The molecule has 2 atom stereocenters. The van der Waals surface area contributed by atoms with Crippen LogP contribution in [-0.2, 0) is 30.5 Å². The van der Waals surface area contributed by atoms with Gasteiger partial charge in [0.05, 0.1) is 22.2 Å². The number of carbonyl (C=O) groups is 3. The van der Waals surface area contributed by atoms with Gasteiger partial charge in [-0.3, -0.25) is 29.5 Å². The summed E-state index contributed by atoms with van der Waals surface area (Å²) >= 11 is 2.79. The summed E-state index contributed by atoms with van der Waals surface area (Å²) in [6.07, 6.45) is 2.48. The highest BCUT2D eigenvalue weighted by Crippen LogP contribution is 2.45. The molecule has 0 bridgehead atoms. The summed E-state index contributed by atoms with van der Waals surface area (Å²) < 4.78 is 11.2. The van der Waals surface area contributed by atoms with E-state index < -0.39 is 28.2 Å². The van der Waals surface area contributed by atoms with Gasteiger partial charge in [0, 0.05) is 31.2 Å². The van der Waals surface area contributed by atoms with Gasteiger partial charge in [0.2, 0.25) is 5.91 Å².